The van der Waals surface area contributed by atoms with Crippen molar-refractivity contribution >= 4 is 5.97 Å². The monoisotopic (exact) mass is 541 g/mol. The van der Waals surface area contributed by atoms with E-state index < -0.39 is 17.8 Å². The lowest BCUT2D eigenvalue weighted by Crippen LogP contribution is -2.76. The number of carbonyl (C=O) groups excluding carboxylic acids is 1. The first-order chi connectivity index (χ1) is 18.8. The van der Waals surface area contributed by atoms with Crippen LogP contribution in [-0.2, 0) is 18.9 Å². The lowest BCUT2D eigenvalue weighted by atomic mass is 9.43. The number of rotatable bonds is 7. The van der Waals surface area contributed by atoms with Crippen molar-refractivity contribution in [2.75, 3.05) is 41.0 Å². The van der Waals surface area contributed by atoms with Crippen LogP contribution in [0.15, 0.2) is 30.3 Å². The van der Waals surface area contributed by atoms with Crippen LogP contribution in [0.25, 0.3) is 0 Å². The maximum atomic E-state index is 13.4. The van der Waals surface area contributed by atoms with Gasteiger partial charge in [-0.2, -0.15) is 0 Å². The number of piperidine rings is 1. The van der Waals surface area contributed by atoms with Crippen LogP contribution < -0.4 is 0 Å². The van der Waals surface area contributed by atoms with Crippen molar-refractivity contribution in [3.05, 3.63) is 35.9 Å². The highest BCUT2D eigenvalue weighted by molar-refractivity contribution is 5.89. The van der Waals surface area contributed by atoms with E-state index in [0.29, 0.717) is 18.6 Å². The van der Waals surface area contributed by atoms with Crippen LogP contribution in [0, 0.1) is 40.4 Å². The molecule has 8 heteroatoms. The molecule has 7 bridgehead atoms. The highest BCUT2D eigenvalue weighted by Gasteiger charge is 2.86. The van der Waals surface area contributed by atoms with Crippen LogP contribution in [0.4, 0.5) is 0 Å². The molecular formula is C31H43NO7. The quantitative estimate of drug-likeness (QED) is 0.508. The number of ether oxygens (including phenoxy) is 4. The number of methoxy groups -OCH3 is 3. The number of hydrogen-bond acceptors (Lipinski definition) is 8. The van der Waals surface area contributed by atoms with Crippen LogP contribution in [0.1, 0.15) is 43.0 Å². The van der Waals surface area contributed by atoms with Crippen LogP contribution in [0.2, 0.25) is 0 Å². The normalized spacial score (nSPS) is 51.1. The van der Waals surface area contributed by atoms with Gasteiger partial charge in [0.1, 0.15) is 6.10 Å². The number of likely N-dealkylation sites (tertiary alicyclic amines) is 1. The van der Waals surface area contributed by atoms with E-state index in [1.165, 1.54) is 0 Å². The molecule has 1 aliphatic heterocycles. The SMILES string of the molecule is CCN1C[C@]2(COC)CC[C@H](OC)[C@]34C1[C@H]([C@H](O)[C@H]23)[C@@]1(O)C[C@H](OC)[C@H]2C[C@@H]4[C@@H]1[C@H]2OC(=O)c1ccccc1. The number of aliphatic hydroxyl groups is 2. The minimum absolute atomic E-state index is 0.0104. The minimum atomic E-state index is -1.22. The van der Waals surface area contributed by atoms with Gasteiger partial charge >= 0.3 is 5.97 Å². The third-order valence-corrected chi connectivity index (χ3v) is 12.3. The molecule has 8 nitrogen and oxygen atoms in total. The Labute approximate surface area is 230 Å². The molecule has 214 valence electrons. The van der Waals surface area contributed by atoms with Crippen molar-refractivity contribution in [2.24, 2.45) is 40.4 Å². The molecular weight excluding hydrogens is 498 g/mol. The average Bonchev–Trinajstić information content (AvgIpc) is 3.36. The van der Waals surface area contributed by atoms with Crippen molar-refractivity contribution in [1.29, 1.82) is 0 Å². The third-order valence-electron chi connectivity index (χ3n) is 12.3. The summed E-state index contributed by atoms with van der Waals surface area (Å²) in [6.45, 7) is 4.46. The van der Waals surface area contributed by atoms with Gasteiger partial charge < -0.3 is 29.2 Å². The predicted octanol–water partition coefficient (Wildman–Crippen LogP) is 2.37. The molecule has 7 rings (SSSR count). The fraction of sp³-hybridized carbons (Fsp3) is 0.774. The Balaban J connectivity index is 1.40. The van der Waals surface area contributed by atoms with E-state index in [2.05, 4.69) is 11.8 Å². The van der Waals surface area contributed by atoms with E-state index >= 15 is 0 Å². The van der Waals surface area contributed by atoms with Crippen molar-refractivity contribution in [3.63, 3.8) is 0 Å². The van der Waals surface area contributed by atoms with Crippen LogP contribution >= 0.6 is 0 Å². The van der Waals surface area contributed by atoms with Crippen LogP contribution in [0.3, 0.4) is 0 Å². The number of nitrogens with zero attached hydrogens (tertiary/aromatic N) is 1. The highest BCUT2D eigenvalue weighted by Crippen LogP contribution is 2.79. The fourth-order valence-electron chi connectivity index (χ4n) is 11.6. The maximum absolute atomic E-state index is 13.4. The topological polar surface area (TPSA) is 97.7 Å². The van der Waals surface area contributed by atoms with Gasteiger partial charge in [0.2, 0.25) is 0 Å². The molecule has 39 heavy (non-hydrogen) atoms. The van der Waals surface area contributed by atoms with Gasteiger partial charge in [0.25, 0.3) is 0 Å². The number of carbonyl (C=O) groups is 1. The molecule has 6 aliphatic rings. The van der Waals surface area contributed by atoms with E-state index in [9.17, 15) is 15.0 Å². The van der Waals surface area contributed by atoms with E-state index in [1.807, 2.05) is 18.2 Å². The number of aliphatic hydroxyl groups excluding tert-OH is 1. The first kappa shape index (κ1) is 26.4. The first-order valence-corrected chi connectivity index (χ1v) is 14.8. The van der Waals surface area contributed by atoms with Crippen molar-refractivity contribution in [1.82, 2.24) is 4.90 Å². The highest BCUT2D eigenvalue weighted by atomic mass is 16.6. The molecule has 6 fully saturated rings. The Morgan fingerprint density at radius 3 is 2.56 bits per heavy atom. The summed E-state index contributed by atoms with van der Waals surface area (Å²) in [6, 6.07) is 9.09. The molecule has 1 saturated heterocycles. The Morgan fingerprint density at radius 1 is 1.13 bits per heavy atom. The minimum Gasteiger partial charge on any atom is -0.458 e. The summed E-state index contributed by atoms with van der Waals surface area (Å²) in [4.78, 5) is 15.9. The summed E-state index contributed by atoms with van der Waals surface area (Å²) in [5.41, 5.74) is -1.29. The molecule has 0 amide bonds. The maximum Gasteiger partial charge on any atom is 0.338 e. The van der Waals surface area contributed by atoms with Gasteiger partial charge in [-0.1, -0.05) is 25.1 Å². The fourth-order valence-corrected chi connectivity index (χ4v) is 11.6. The Kier molecular flexibility index (Phi) is 6.06. The Bertz CT molecular complexity index is 1120. The Morgan fingerprint density at radius 2 is 1.90 bits per heavy atom. The number of esters is 1. The van der Waals surface area contributed by atoms with Crippen LogP contribution in [-0.4, -0.2) is 98.2 Å². The lowest BCUT2D eigenvalue weighted by Gasteiger charge is -2.69. The second-order valence-corrected chi connectivity index (χ2v) is 13.3. The summed E-state index contributed by atoms with van der Waals surface area (Å²) in [5, 5.41) is 25.3. The molecule has 2 N–H and O–H groups in total. The first-order valence-electron chi connectivity index (χ1n) is 14.8. The van der Waals surface area contributed by atoms with Gasteiger partial charge in [0.15, 0.2) is 0 Å². The van der Waals surface area contributed by atoms with Gasteiger partial charge in [0.05, 0.1) is 36.1 Å². The van der Waals surface area contributed by atoms with Gasteiger partial charge in [-0.3, -0.25) is 4.90 Å². The van der Waals surface area contributed by atoms with Crippen molar-refractivity contribution in [3.8, 4) is 0 Å². The van der Waals surface area contributed by atoms with E-state index in [-0.39, 0.29) is 64.6 Å². The standard InChI is InChI=1S/C31H43NO7/c1-5-32-15-29(16-36-2)12-11-21(38-4)31-19-13-18-20(37-3)14-30(35,23(27(31)32)24(33)26(29)31)22(19)25(18)39-28(34)17-9-7-6-8-10-17/h6-10,18-27,33,35H,5,11-16H2,1-4H3/t18-,19-,20+,21+,22-,23+,24+,25+,26-,27?,29+,30-,31+/m1/s1. The Hall–Kier alpha value is -1.55. The molecule has 1 aromatic rings. The van der Waals surface area contributed by atoms with Crippen LogP contribution in [0.5, 0.6) is 0 Å². The second kappa shape index (κ2) is 8.97. The molecule has 5 saturated carbocycles. The molecule has 1 unspecified atom stereocenters. The van der Waals surface area contributed by atoms with E-state index in [4.69, 9.17) is 18.9 Å². The smallest absolute Gasteiger partial charge is 0.338 e. The molecule has 1 spiro atoms. The average molecular weight is 542 g/mol. The van der Waals surface area contributed by atoms with E-state index in [0.717, 1.165) is 32.4 Å². The van der Waals surface area contributed by atoms with Gasteiger partial charge in [-0.15, -0.1) is 0 Å². The number of fused-ring (bicyclic) bond motifs is 2. The van der Waals surface area contributed by atoms with Gasteiger partial charge in [-0.25, -0.2) is 4.79 Å². The number of hydrogen-bond donors (Lipinski definition) is 2. The summed E-state index contributed by atoms with van der Waals surface area (Å²) in [5.74, 6) is -1.07. The van der Waals surface area contributed by atoms with Crippen molar-refractivity contribution < 1.29 is 34.0 Å². The van der Waals surface area contributed by atoms with Gasteiger partial charge in [0, 0.05) is 74.8 Å². The van der Waals surface area contributed by atoms with Gasteiger partial charge in [-0.05, 0) is 43.9 Å². The van der Waals surface area contributed by atoms with Crippen molar-refractivity contribution in [2.45, 2.75) is 68.7 Å². The third kappa shape index (κ3) is 3.08. The molecule has 1 heterocycles. The second-order valence-electron chi connectivity index (χ2n) is 13.3. The zero-order valence-electron chi connectivity index (χ0n) is 23.5. The zero-order valence-corrected chi connectivity index (χ0v) is 23.5. The largest absolute Gasteiger partial charge is 0.458 e. The summed E-state index contributed by atoms with van der Waals surface area (Å²) < 4.78 is 24.7. The summed E-state index contributed by atoms with van der Waals surface area (Å²) in [6.07, 6.45) is 1.57. The summed E-state index contributed by atoms with van der Waals surface area (Å²) in [7, 11) is 5.26. The molecule has 1 aromatic carbocycles. The number of benzene rings is 1. The molecule has 5 aliphatic carbocycles. The zero-order chi connectivity index (χ0) is 27.3. The lowest BCUT2D eigenvalue weighted by molar-refractivity contribution is -0.276. The molecule has 0 aromatic heterocycles. The van der Waals surface area contributed by atoms with E-state index in [1.54, 1.807) is 33.5 Å². The molecule has 13 atom stereocenters. The predicted molar refractivity (Wildman–Crippen MR) is 142 cm³/mol. The molecule has 0 radical (unpaired) electrons. The summed E-state index contributed by atoms with van der Waals surface area (Å²) >= 11 is 0.